The average molecular weight is 239 g/mol. The normalized spacial score (nSPS) is 25.9. The van der Waals surface area contributed by atoms with Crippen molar-refractivity contribution in [2.75, 3.05) is 39.3 Å². The van der Waals surface area contributed by atoms with Gasteiger partial charge >= 0.3 is 0 Å². The van der Waals surface area contributed by atoms with Crippen molar-refractivity contribution in [3.05, 3.63) is 0 Å². The molecule has 2 fully saturated rings. The van der Waals surface area contributed by atoms with E-state index < -0.39 is 0 Å². The molecular weight excluding hydrogens is 214 g/mol. The van der Waals surface area contributed by atoms with Crippen LogP contribution in [0, 0.1) is 5.92 Å². The van der Waals surface area contributed by atoms with Crippen molar-refractivity contribution < 1.29 is 4.79 Å². The molecule has 2 heterocycles. The van der Waals surface area contributed by atoms with Gasteiger partial charge in [0.25, 0.3) is 0 Å². The SMILES string of the molecule is O=C(CNCC1CCCNC1)N1CCCCC1. The lowest BCUT2D eigenvalue weighted by molar-refractivity contribution is -0.131. The van der Waals surface area contributed by atoms with E-state index in [0.29, 0.717) is 12.5 Å². The van der Waals surface area contributed by atoms with Gasteiger partial charge in [0.05, 0.1) is 6.54 Å². The van der Waals surface area contributed by atoms with Gasteiger partial charge in [0, 0.05) is 13.1 Å². The number of nitrogens with one attached hydrogen (secondary N) is 2. The Labute approximate surface area is 104 Å². The molecule has 1 atom stereocenters. The zero-order valence-electron chi connectivity index (χ0n) is 10.7. The fourth-order valence-electron chi connectivity index (χ4n) is 2.74. The molecule has 17 heavy (non-hydrogen) atoms. The lowest BCUT2D eigenvalue weighted by Gasteiger charge is -2.27. The topological polar surface area (TPSA) is 44.4 Å². The van der Waals surface area contributed by atoms with Crippen molar-refractivity contribution in [1.82, 2.24) is 15.5 Å². The summed E-state index contributed by atoms with van der Waals surface area (Å²) in [6, 6.07) is 0. The van der Waals surface area contributed by atoms with E-state index in [1.807, 2.05) is 4.90 Å². The predicted octanol–water partition coefficient (Wildman–Crippen LogP) is 0.588. The molecule has 0 bridgehead atoms. The van der Waals surface area contributed by atoms with E-state index in [1.54, 1.807) is 0 Å². The lowest BCUT2D eigenvalue weighted by Crippen LogP contribution is -2.43. The minimum absolute atomic E-state index is 0.286. The van der Waals surface area contributed by atoms with Crippen LogP contribution in [-0.4, -0.2) is 50.1 Å². The molecule has 1 unspecified atom stereocenters. The first-order chi connectivity index (χ1) is 8.36. The summed E-state index contributed by atoms with van der Waals surface area (Å²) >= 11 is 0. The smallest absolute Gasteiger partial charge is 0.236 e. The van der Waals surface area contributed by atoms with Crippen LogP contribution in [0.15, 0.2) is 0 Å². The maximum Gasteiger partial charge on any atom is 0.236 e. The van der Waals surface area contributed by atoms with Gasteiger partial charge in [0.1, 0.15) is 0 Å². The summed E-state index contributed by atoms with van der Waals surface area (Å²) in [6.45, 7) is 5.69. The molecule has 98 valence electrons. The number of carbonyl (C=O) groups excluding carboxylic acids is 1. The first kappa shape index (κ1) is 12.8. The van der Waals surface area contributed by atoms with Gasteiger partial charge in [-0.15, -0.1) is 0 Å². The van der Waals surface area contributed by atoms with Crippen LogP contribution < -0.4 is 10.6 Å². The largest absolute Gasteiger partial charge is 0.342 e. The Balaban J connectivity index is 1.58. The highest BCUT2D eigenvalue weighted by Gasteiger charge is 2.17. The van der Waals surface area contributed by atoms with Crippen LogP contribution in [0.4, 0.5) is 0 Å². The molecule has 0 aromatic heterocycles. The van der Waals surface area contributed by atoms with E-state index in [1.165, 1.54) is 32.1 Å². The number of carbonyl (C=O) groups is 1. The van der Waals surface area contributed by atoms with Crippen molar-refractivity contribution in [1.29, 1.82) is 0 Å². The molecule has 0 aromatic rings. The Hall–Kier alpha value is -0.610. The summed E-state index contributed by atoms with van der Waals surface area (Å²) in [5, 5.41) is 6.72. The van der Waals surface area contributed by atoms with Crippen LogP contribution in [-0.2, 0) is 4.79 Å². The van der Waals surface area contributed by atoms with E-state index >= 15 is 0 Å². The van der Waals surface area contributed by atoms with Crippen LogP contribution in [0.2, 0.25) is 0 Å². The summed E-state index contributed by atoms with van der Waals surface area (Å²) in [6.07, 6.45) is 6.20. The van der Waals surface area contributed by atoms with Gasteiger partial charge in [-0.05, 0) is 57.7 Å². The molecule has 2 saturated heterocycles. The molecule has 2 N–H and O–H groups in total. The third-order valence-corrected chi connectivity index (χ3v) is 3.82. The number of hydrogen-bond acceptors (Lipinski definition) is 3. The Morgan fingerprint density at radius 2 is 2.06 bits per heavy atom. The van der Waals surface area contributed by atoms with E-state index in [4.69, 9.17) is 0 Å². The Bertz CT molecular complexity index is 233. The maximum absolute atomic E-state index is 11.9. The Kier molecular flexibility index (Phi) is 5.26. The third-order valence-electron chi connectivity index (χ3n) is 3.82. The summed E-state index contributed by atoms with van der Waals surface area (Å²) in [7, 11) is 0. The maximum atomic E-state index is 11.9. The fraction of sp³-hybridized carbons (Fsp3) is 0.923. The number of rotatable bonds is 4. The highest BCUT2D eigenvalue weighted by atomic mass is 16.2. The number of piperidine rings is 2. The standard InChI is InChI=1S/C13H25N3O/c17-13(16-7-2-1-3-8-16)11-15-10-12-5-4-6-14-9-12/h12,14-15H,1-11H2. The minimum atomic E-state index is 0.286. The molecule has 0 aromatic carbocycles. The van der Waals surface area contributed by atoms with Gasteiger partial charge in [-0.25, -0.2) is 0 Å². The van der Waals surface area contributed by atoms with Gasteiger partial charge in [-0.3, -0.25) is 4.79 Å². The van der Waals surface area contributed by atoms with E-state index in [9.17, 15) is 4.79 Å². The lowest BCUT2D eigenvalue weighted by atomic mass is 10.00. The molecule has 0 radical (unpaired) electrons. The number of hydrogen-bond donors (Lipinski definition) is 2. The van der Waals surface area contributed by atoms with Gasteiger partial charge in [0.2, 0.25) is 5.91 Å². The Morgan fingerprint density at radius 3 is 2.76 bits per heavy atom. The molecule has 4 heteroatoms. The predicted molar refractivity (Wildman–Crippen MR) is 68.9 cm³/mol. The second-order valence-electron chi connectivity index (χ2n) is 5.28. The van der Waals surface area contributed by atoms with Crippen LogP contribution in [0.5, 0.6) is 0 Å². The van der Waals surface area contributed by atoms with Crippen LogP contribution in [0.25, 0.3) is 0 Å². The molecule has 2 aliphatic rings. The second-order valence-corrected chi connectivity index (χ2v) is 5.28. The molecule has 2 aliphatic heterocycles. The quantitative estimate of drug-likeness (QED) is 0.754. The highest BCUT2D eigenvalue weighted by molar-refractivity contribution is 5.78. The molecule has 0 spiro atoms. The second kappa shape index (κ2) is 6.97. The van der Waals surface area contributed by atoms with Crippen LogP contribution in [0.1, 0.15) is 32.1 Å². The monoisotopic (exact) mass is 239 g/mol. The van der Waals surface area contributed by atoms with Crippen molar-refractivity contribution >= 4 is 5.91 Å². The van der Waals surface area contributed by atoms with Gasteiger partial charge in [0.15, 0.2) is 0 Å². The van der Waals surface area contributed by atoms with E-state index in [-0.39, 0.29) is 5.91 Å². The molecule has 1 amide bonds. The fourth-order valence-corrected chi connectivity index (χ4v) is 2.74. The minimum Gasteiger partial charge on any atom is -0.342 e. The molecule has 0 saturated carbocycles. The first-order valence-electron chi connectivity index (χ1n) is 7.05. The Morgan fingerprint density at radius 1 is 1.24 bits per heavy atom. The number of nitrogens with zero attached hydrogens (tertiary/aromatic N) is 1. The average Bonchev–Trinajstić information content (AvgIpc) is 2.41. The summed E-state index contributed by atoms with van der Waals surface area (Å²) in [5.41, 5.74) is 0. The van der Waals surface area contributed by atoms with Gasteiger partial charge in [-0.2, -0.15) is 0 Å². The van der Waals surface area contributed by atoms with Crippen LogP contribution in [0.3, 0.4) is 0 Å². The van der Waals surface area contributed by atoms with Crippen molar-refractivity contribution in [2.24, 2.45) is 5.92 Å². The summed E-state index contributed by atoms with van der Waals surface area (Å²) in [4.78, 5) is 13.9. The first-order valence-corrected chi connectivity index (χ1v) is 7.05. The van der Waals surface area contributed by atoms with Crippen molar-refractivity contribution in [3.8, 4) is 0 Å². The van der Waals surface area contributed by atoms with E-state index in [0.717, 1.165) is 32.7 Å². The summed E-state index contributed by atoms with van der Waals surface area (Å²) < 4.78 is 0. The number of likely N-dealkylation sites (tertiary alicyclic amines) is 1. The molecule has 4 nitrogen and oxygen atoms in total. The zero-order chi connectivity index (χ0) is 11.9. The summed E-state index contributed by atoms with van der Waals surface area (Å²) in [5.74, 6) is 0.992. The van der Waals surface area contributed by atoms with Crippen molar-refractivity contribution in [2.45, 2.75) is 32.1 Å². The van der Waals surface area contributed by atoms with Crippen molar-refractivity contribution in [3.63, 3.8) is 0 Å². The van der Waals surface area contributed by atoms with Crippen LogP contribution >= 0.6 is 0 Å². The van der Waals surface area contributed by atoms with Gasteiger partial charge < -0.3 is 15.5 Å². The molecule has 0 aliphatic carbocycles. The van der Waals surface area contributed by atoms with E-state index in [2.05, 4.69) is 10.6 Å². The third kappa shape index (κ3) is 4.28. The van der Waals surface area contributed by atoms with Gasteiger partial charge in [-0.1, -0.05) is 0 Å². The number of amides is 1. The zero-order valence-corrected chi connectivity index (χ0v) is 10.7. The highest BCUT2D eigenvalue weighted by Crippen LogP contribution is 2.09. The molecular formula is C13H25N3O. The molecule has 2 rings (SSSR count).